The SMILES string of the molecule is c1ccc(CN2CCNCCN(Cc3ccc(-c4ccc(CN5CCN(Cc6ccc(-c7ccc(CN8CCNCCN(Cc9ccccc9)CCNCC8)cc7)cc6)CCN(Cc6ccc(-c7ccc(CN8CCNCCN(Cc9ccccc9)CCNCC8)cc7)cc6)CCN(Cc6ccc(-c7ccc(CN8CCNCCN(Cc9ccccc9)CCNCC8)cc7)cc6)CC5)cc4)cc3)CCNCC2)cc1. The molecule has 5 aliphatic heterocycles. The van der Waals surface area contributed by atoms with E-state index in [1.807, 2.05) is 0 Å². The maximum absolute atomic E-state index is 3.78. The molecule has 8 N–H and O–H groups in total. The van der Waals surface area contributed by atoms with Gasteiger partial charge < -0.3 is 42.5 Å². The van der Waals surface area contributed by atoms with Crippen LogP contribution in [0.25, 0.3) is 44.5 Å². The van der Waals surface area contributed by atoms with Gasteiger partial charge in [0, 0.05) is 340 Å². The Bertz CT molecular complexity index is 4760. The van der Waals surface area contributed by atoms with Gasteiger partial charge in [-0.25, -0.2) is 0 Å². The van der Waals surface area contributed by atoms with Crippen molar-refractivity contribution >= 4 is 0 Å². The minimum Gasteiger partial charge on any atom is -0.314 e. The Morgan fingerprint density at radius 1 is 0.104 bits per heavy atom. The van der Waals surface area contributed by atoms with Crippen LogP contribution in [0.5, 0.6) is 0 Å². The van der Waals surface area contributed by atoms with E-state index in [9.17, 15) is 0 Å². The molecular weight excluding hydrogens is 1770 g/mol. The fraction of sp³-hybridized carbons (Fsp3) is 0.419. The van der Waals surface area contributed by atoms with Crippen LogP contribution in [0, 0.1) is 0 Å². The number of hydrogen-bond donors (Lipinski definition) is 8. The minimum atomic E-state index is 0.882. The largest absolute Gasteiger partial charge is 0.314 e. The first-order valence-electron chi connectivity index (χ1n) is 54.5. The van der Waals surface area contributed by atoms with Gasteiger partial charge in [0.2, 0.25) is 0 Å². The van der Waals surface area contributed by atoms with E-state index in [0.29, 0.717) is 0 Å². The molecule has 760 valence electrons. The number of hydrogen-bond acceptors (Lipinski definition) is 20. The second-order valence-electron chi connectivity index (χ2n) is 40.8. The molecule has 20 nitrogen and oxygen atoms in total. The molecule has 0 unspecified atom stereocenters. The van der Waals surface area contributed by atoms with Gasteiger partial charge in [-0.2, -0.15) is 0 Å². The van der Waals surface area contributed by atoms with Gasteiger partial charge in [0.15, 0.2) is 0 Å². The van der Waals surface area contributed by atoms with Gasteiger partial charge in [-0.3, -0.25) is 58.8 Å². The third-order valence-electron chi connectivity index (χ3n) is 29.8. The highest BCUT2D eigenvalue weighted by atomic mass is 15.3. The second kappa shape index (κ2) is 59.0. The first-order chi connectivity index (χ1) is 71.3. The molecular formula is C124H164N20. The van der Waals surface area contributed by atoms with Crippen molar-refractivity contribution in [2.75, 3.05) is 262 Å². The van der Waals surface area contributed by atoms with Crippen LogP contribution in [-0.2, 0) is 78.5 Å². The Morgan fingerprint density at radius 2 is 0.194 bits per heavy atom. The standard InChI is InChI=1S/C124H164N20/c1-5-13-105(14-6-1)93-133-69-53-125-61-77-137(78-62-126-54-70-133)97-109-21-37-117(38-22-109)121-45-29-113(30-46-121)101-141-85-87-142(102-114-31-47-122(48-32-114)118-39-23-110(24-40-118)98-138-79-63-127-55-71-134(72-56-128-64-80-138)94-106-15-7-2-8-16-106)89-91-144(104-116-35-51-124(52-36-116)120-43-27-112(28-44-120)100-140-83-67-131-59-75-136(76-60-132-68-84-140)96-108-19-11-4-12-20-108)92-90-143(88-86-141)103-115-33-49-123(50-34-115)119-41-25-111(26-42-119)99-139-81-65-129-57-73-135(74-58-130-66-82-139)95-107-17-9-3-10-18-107/h1-52,125-132H,53-104H2. The zero-order chi connectivity index (χ0) is 97.7. The maximum Gasteiger partial charge on any atom is 0.0234 e. The van der Waals surface area contributed by atoms with E-state index in [2.05, 4.69) is 417 Å². The second-order valence-corrected chi connectivity index (χ2v) is 40.8. The van der Waals surface area contributed by atoms with Crippen LogP contribution in [0.4, 0.5) is 0 Å². The van der Waals surface area contributed by atoms with Crippen molar-refractivity contribution in [3.8, 4) is 44.5 Å². The Kier molecular flexibility index (Phi) is 43.1. The average Bonchev–Trinajstić information content (AvgIpc) is 0.858. The monoisotopic (exact) mass is 1930 g/mol. The van der Waals surface area contributed by atoms with Crippen LogP contribution >= 0.6 is 0 Å². The van der Waals surface area contributed by atoms with Gasteiger partial charge in [0.05, 0.1) is 0 Å². The predicted octanol–water partition coefficient (Wildman–Crippen LogP) is 14.7. The zero-order valence-electron chi connectivity index (χ0n) is 86.2. The fourth-order valence-corrected chi connectivity index (χ4v) is 21.0. The Labute approximate surface area is 863 Å². The molecule has 0 amide bonds. The Morgan fingerprint density at radius 3 is 0.299 bits per heavy atom. The van der Waals surface area contributed by atoms with Crippen molar-refractivity contribution in [1.29, 1.82) is 0 Å². The smallest absolute Gasteiger partial charge is 0.0234 e. The molecule has 5 saturated heterocycles. The van der Waals surface area contributed by atoms with Crippen molar-refractivity contribution in [2.45, 2.75) is 78.5 Å². The van der Waals surface area contributed by atoms with E-state index in [1.165, 1.54) is 111 Å². The third-order valence-corrected chi connectivity index (χ3v) is 29.8. The zero-order valence-corrected chi connectivity index (χ0v) is 86.2. The molecule has 12 aromatic carbocycles. The summed E-state index contributed by atoms with van der Waals surface area (Å²) < 4.78 is 0. The van der Waals surface area contributed by atoms with Crippen LogP contribution in [0.2, 0.25) is 0 Å². The molecule has 0 aliphatic carbocycles. The Hall–Kier alpha value is -10.2. The van der Waals surface area contributed by atoms with Crippen molar-refractivity contribution in [3.63, 3.8) is 0 Å². The molecule has 0 radical (unpaired) electrons. The van der Waals surface area contributed by atoms with E-state index in [4.69, 9.17) is 0 Å². The highest BCUT2D eigenvalue weighted by molar-refractivity contribution is 5.67. The number of nitrogens with one attached hydrogen (secondary N) is 8. The molecule has 17 rings (SSSR count). The van der Waals surface area contributed by atoms with E-state index >= 15 is 0 Å². The molecule has 0 aromatic heterocycles. The summed E-state index contributed by atoms with van der Waals surface area (Å²) in [4.78, 5) is 31.8. The maximum atomic E-state index is 3.78. The lowest BCUT2D eigenvalue weighted by Crippen LogP contribution is -2.45. The highest BCUT2D eigenvalue weighted by Gasteiger charge is 2.23. The first kappa shape index (κ1) is 105. The van der Waals surface area contributed by atoms with Gasteiger partial charge in [0.25, 0.3) is 0 Å². The lowest BCUT2D eigenvalue weighted by molar-refractivity contribution is 0.122. The molecule has 0 atom stereocenters. The quantitative estimate of drug-likeness (QED) is 0.0236. The third kappa shape index (κ3) is 36.2. The van der Waals surface area contributed by atoms with E-state index < -0.39 is 0 Å². The minimum absolute atomic E-state index is 0.882. The van der Waals surface area contributed by atoms with Gasteiger partial charge in [-0.15, -0.1) is 0 Å². The molecule has 12 aromatic rings. The van der Waals surface area contributed by atoms with E-state index in [0.717, 1.165) is 340 Å². The van der Waals surface area contributed by atoms with Crippen LogP contribution in [0.15, 0.2) is 315 Å². The van der Waals surface area contributed by atoms with Crippen LogP contribution in [-0.4, -0.2) is 321 Å². The van der Waals surface area contributed by atoms with Crippen molar-refractivity contribution < 1.29 is 0 Å². The Balaban J connectivity index is 0.570. The highest BCUT2D eigenvalue weighted by Crippen LogP contribution is 2.29. The van der Waals surface area contributed by atoms with Crippen LogP contribution < -0.4 is 42.5 Å². The summed E-state index contributed by atoms with van der Waals surface area (Å²) in [5, 5.41) is 30.3. The summed E-state index contributed by atoms with van der Waals surface area (Å²) in [5.74, 6) is 0. The van der Waals surface area contributed by atoms with Crippen LogP contribution in [0.3, 0.4) is 0 Å². The summed E-state index contributed by atoms with van der Waals surface area (Å²) in [6.45, 7) is 51.2. The molecule has 144 heavy (non-hydrogen) atoms. The summed E-state index contributed by atoms with van der Waals surface area (Å²) in [6.07, 6.45) is 0. The normalized spacial score (nSPS) is 18.9. The summed E-state index contributed by atoms with van der Waals surface area (Å²) in [6, 6.07) is 120. The number of rotatable bonds is 28. The van der Waals surface area contributed by atoms with E-state index in [-0.39, 0.29) is 0 Å². The van der Waals surface area contributed by atoms with Gasteiger partial charge in [0.1, 0.15) is 0 Å². The summed E-state index contributed by atoms with van der Waals surface area (Å²) in [5.41, 5.74) is 26.5. The fourth-order valence-electron chi connectivity index (χ4n) is 21.0. The molecule has 20 heteroatoms. The van der Waals surface area contributed by atoms with E-state index in [1.54, 1.807) is 0 Å². The van der Waals surface area contributed by atoms with Crippen molar-refractivity contribution in [3.05, 3.63) is 382 Å². The van der Waals surface area contributed by atoms with Crippen molar-refractivity contribution in [2.24, 2.45) is 0 Å². The first-order valence-corrected chi connectivity index (χ1v) is 54.5. The molecule has 5 heterocycles. The lowest BCUT2D eigenvalue weighted by Gasteiger charge is -2.34. The molecule has 0 bridgehead atoms. The topological polar surface area (TPSA) is 135 Å². The van der Waals surface area contributed by atoms with Crippen LogP contribution in [0.1, 0.15) is 66.8 Å². The van der Waals surface area contributed by atoms with Gasteiger partial charge in [-0.05, 0) is 111 Å². The van der Waals surface area contributed by atoms with Gasteiger partial charge in [-0.1, -0.05) is 315 Å². The summed E-state index contributed by atoms with van der Waals surface area (Å²) in [7, 11) is 0. The summed E-state index contributed by atoms with van der Waals surface area (Å²) >= 11 is 0. The van der Waals surface area contributed by atoms with Crippen molar-refractivity contribution in [1.82, 2.24) is 101 Å². The number of benzene rings is 12. The molecule has 0 saturated carbocycles. The molecule has 5 fully saturated rings. The average molecular weight is 1930 g/mol. The molecule has 5 aliphatic rings. The lowest BCUT2D eigenvalue weighted by atomic mass is 10.0. The van der Waals surface area contributed by atoms with Gasteiger partial charge >= 0.3 is 0 Å². The number of nitrogens with zero attached hydrogens (tertiary/aromatic N) is 12. The predicted molar refractivity (Wildman–Crippen MR) is 600 cm³/mol. The molecule has 0 spiro atoms.